The van der Waals surface area contributed by atoms with Crippen LogP contribution >= 0.6 is 0 Å². The molecule has 0 atom stereocenters. The van der Waals surface area contributed by atoms with Gasteiger partial charge in [-0.25, -0.2) is 9.38 Å². The molecule has 0 saturated heterocycles. The maximum absolute atomic E-state index is 13.0. The Kier molecular flexibility index (Phi) is 9.73. The van der Waals surface area contributed by atoms with E-state index < -0.39 is 0 Å². The molecule has 0 unspecified atom stereocenters. The zero-order valence-electron chi connectivity index (χ0n) is 17.7. The summed E-state index contributed by atoms with van der Waals surface area (Å²) in [5.41, 5.74) is 0.967. The third-order valence-electron chi connectivity index (χ3n) is 4.19. The fraction of sp³-hybridized carbons (Fsp3) is 0.409. The van der Waals surface area contributed by atoms with Crippen LogP contribution in [0.1, 0.15) is 12.5 Å². The number of aliphatic imine (C=N–C) groups is 1. The number of benzene rings is 2. The number of hydrogen-bond acceptors (Lipinski definition) is 5. The van der Waals surface area contributed by atoms with E-state index in [4.69, 9.17) is 19.3 Å². The maximum Gasteiger partial charge on any atom is 0.194 e. The largest absolute Gasteiger partial charge is 0.493 e. The topological polar surface area (TPSA) is 75.6 Å². The minimum atomic E-state index is -0.286. The Morgan fingerprint density at radius 3 is 2.53 bits per heavy atom. The van der Waals surface area contributed by atoms with E-state index in [1.807, 2.05) is 37.1 Å². The molecule has 0 heterocycles. The van der Waals surface area contributed by atoms with Crippen LogP contribution in [0.4, 0.5) is 4.39 Å². The summed E-state index contributed by atoms with van der Waals surface area (Å²) in [6.07, 6.45) is 0. The Bertz CT molecular complexity index is 799. The summed E-state index contributed by atoms with van der Waals surface area (Å²) in [6, 6.07) is 11.6. The molecular formula is C22H30FN3O4. The second kappa shape index (κ2) is 12.5. The lowest BCUT2D eigenvalue weighted by atomic mass is 10.2. The number of ether oxygens (including phenoxy) is 3. The lowest BCUT2D eigenvalue weighted by Gasteiger charge is -2.22. The van der Waals surface area contributed by atoms with E-state index in [0.717, 1.165) is 18.1 Å². The molecule has 8 heteroatoms. The fourth-order valence-corrected chi connectivity index (χ4v) is 2.66. The molecule has 0 spiro atoms. The lowest BCUT2D eigenvalue weighted by Crippen LogP contribution is -2.40. The first-order valence-corrected chi connectivity index (χ1v) is 9.85. The van der Waals surface area contributed by atoms with Gasteiger partial charge in [0.05, 0.1) is 26.8 Å². The zero-order chi connectivity index (χ0) is 21.8. The minimum Gasteiger partial charge on any atom is -0.493 e. The van der Waals surface area contributed by atoms with Gasteiger partial charge in [0.15, 0.2) is 17.5 Å². The molecular weight excluding hydrogens is 389 g/mol. The van der Waals surface area contributed by atoms with Crippen molar-refractivity contribution in [2.45, 2.75) is 13.5 Å². The number of likely N-dealkylation sites (N-methyl/N-ethyl adjacent to an activating group) is 1. The minimum absolute atomic E-state index is 0.0571. The highest BCUT2D eigenvalue weighted by Gasteiger charge is 2.08. The number of halogens is 1. The highest BCUT2D eigenvalue weighted by molar-refractivity contribution is 5.79. The van der Waals surface area contributed by atoms with E-state index in [2.05, 4.69) is 10.3 Å². The maximum atomic E-state index is 13.0. The number of rotatable bonds is 11. The number of hydrogen-bond donors (Lipinski definition) is 2. The molecule has 0 saturated carbocycles. The normalized spacial score (nSPS) is 11.2. The van der Waals surface area contributed by atoms with Crippen LogP contribution in [0, 0.1) is 5.82 Å². The molecule has 0 aliphatic heterocycles. The summed E-state index contributed by atoms with van der Waals surface area (Å²) in [5.74, 6) is 2.27. The van der Waals surface area contributed by atoms with Crippen molar-refractivity contribution in [3.63, 3.8) is 0 Å². The molecule has 0 aliphatic rings. The van der Waals surface area contributed by atoms with E-state index >= 15 is 0 Å². The molecule has 30 heavy (non-hydrogen) atoms. The van der Waals surface area contributed by atoms with Crippen LogP contribution in [0.3, 0.4) is 0 Å². The van der Waals surface area contributed by atoms with Gasteiger partial charge in [-0.15, -0.1) is 0 Å². The second-order valence-electron chi connectivity index (χ2n) is 6.45. The highest BCUT2D eigenvalue weighted by Crippen LogP contribution is 2.28. The summed E-state index contributed by atoms with van der Waals surface area (Å²) in [6.45, 7) is 4.41. The summed E-state index contributed by atoms with van der Waals surface area (Å²) >= 11 is 0. The second-order valence-corrected chi connectivity index (χ2v) is 6.45. The number of methoxy groups -OCH3 is 1. The Balaban J connectivity index is 1.95. The Morgan fingerprint density at radius 1 is 1.10 bits per heavy atom. The molecule has 0 radical (unpaired) electrons. The smallest absolute Gasteiger partial charge is 0.194 e. The van der Waals surface area contributed by atoms with Gasteiger partial charge in [-0.3, -0.25) is 0 Å². The molecule has 7 nitrogen and oxygen atoms in total. The van der Waals surface area contributed by atoms with Gasteiger partial charge in [-0.2, -0.15) is 0 Å². The molecule has 2 N–H and O–H groups in total. The first kappa shape index (κ1) is 23.3. The van der Waals surface area contributed by atoms with Gasteiger partial charge >= 0.3 is 0 Å². The van der Waals surface area contributed by atoms with Gasteiger partial charge in [0.2, 0.25) is 0 Å². The molecule has 0 aliphatic carbocycles. The van der Waals surface area contributed by atoms with Gasteiger partial charge in [0, 0.05) is 13.6 Å². The first-order valence-electron chi connectivity index (χ1n) is 9.85. The average Bonchev–Trinajstić information content (AvgIpc) is 2.76. The monoisotopic (exact) mass is 419 g/mol. The summed E-state index contributed by atoms with van der Waals surface area (Å²) in [4.78, 5) is 6.65. The van der Waals surface area contributed by atoms with Crippen LogP contribution in [0.15, 0.2) is 47.5 Å². The number of nitrogens with zero attached hydrogens (tertiary/aromatic N) is 2. The van der Waals surface area contributed by atoms with E-state index in [0.29, 0.717) is 36.9 Å². The molecule has 0 aromatic heterocycles. The van der Waals surface area contributed by atoms with Crippen molar-refractivity contribution in [3.05, 3.63) is 53.8 Å². The third kappa shape index (κ3) is 7.44. The number of guanidine groups is 1. The van der Waals surface area contributed by atoms with Crippen LogP contribution in [0.2, 0.25) is 0 Å². The summed E-state index contributed by atoms with van der Waals surface area (Å²) in [7, 11) is 3.51. The predicted octanol–water partition coefficient (Wildman–Crippen LogP) is 2.68. The van der Waals surface area contributed by atoms with Crippen LogP contribution < -0.4 is 19.5 Å². The summed E-state index contributed by atoms with van der Waals surface area (Å²) < 4.78 is 29.4. The Hall–Kier alpha value is -3.00. The highest BCUT2D eigenvalue weighted by atomic mass is 19.1. The zero-order valence-corrected chi connectivity index (χ0v) is 17.7. The Labute approximate surface area is 177 Å². The van der Waals surface area contributed by atoms with E-state index in [9.17, 15) is 4.39 Å². The third-order valence-corrected chi connectivity index (χ3v) is 4.19. The van der Waals surface area contributed by atoms with E-state index in [1.165, 1.54) is 12.1 Å². The lowest BCUT2D eigenvalue weighted by molar-refractivity contribution is 0.196. The van der Waals surface area contributed by atoms with Crippen molar-refractivity contribution in [1.82, 2.24) is 10.2 Å². The van der Waals surface area contributed by atoms with E-state index in [-0.39, 0.29) is 19.0 Å². The van der Waals surface area contributed by atoms with Crippen LogP contribution in [-0.4, -0.2) is 63.0 Å². The van der Waals surface area contributed by atoms with Gasteiger partial charge in [-0.05, 0) is 48.9 Å². The molecule has 2 aromatic carbocycles. The first-order chi connectivity index (χ1) is 14.6. The van der Waals surface area contributed by atoms with Crippen molar-refractivity contribution in [3.8, 4) is 17.2 Å². The van der Waals surface area contributed by atoms with Crippen molar-refractivity contribution in [1.29, 1.82) is 0 Å². The standard InChI is InChI=1S/C22H30FN3O4/c1-4-24-22(26(2)11-13-29-19-8-6-18(23)7-9-19)25-16-17-5-10-20(30-14-12-27)21(15-17)28-3/h5-10,15,27H,4,11-14,16H2,1-3H3,(H,24,25). The SMILES string of the molecule is CCNC(=NCc1ccc(OCCO)c(OC)c1)N(C)CCOc1ccc(F)cc1. The molecule has 0 amide bonds. The van der Waals surface area contributed by atoms with Gasteiger partial charge in [0.25, 0.3) is 0 Å². The quantitative estimate of drug-likeness (QED) is 0.431. The van der Waals surface area contributed by atoms with Crippen LogP contribution in [0.25, 0.3) is 0 Å². The van der Waals surface area contributed by atoms with E-state index in [1.54, 1.807) is 19.2 Å². The average molecular weight is 419 g/mol. The van der Waals surface area contributed by atoms with Crippen LogP contribution in [-0.2, 0) is 6.54 Å². The van der Waals surface area contributed by atoms with Gasteiger partial charge < -0.3 is 29.5 Å². The molecule has 2 rings (SSSR count). The van der Waals surface area contributed by atoms with Crippen LogP contribution in [0.5, 0.6) is 17.2 Å². The number of nitrogens with one attached hydrogen (secondary N) is 1. The molecule has 0 fully saturated rings. The van der Waals surface area contributed by atoms with Crippen molar-refractivity contribution >= 4 is 5.96 Å². The number of aliphatic hydroxyl groups is 1. The van der Waals surface area contributed by atoms with Gasteiger partial charge in [-0.1, -0.05) is 6.07 Å². The summed E-state index contributed by atoms with van der Waals surface area (Å²) in [5, 5.41) is 12.2. The predicted molar refractivity (Wildman–Crippen MR) is 115 cm³/mol. The molecule has 164 valence electrons. The molecule has 2 aromatic rings. The number of aliphatic hydroxyl groups excluding tert-OH is 1. The fourth-order valence-electron chi connectivity index (χ4n) is 2.66. The van der Waals surface area contributed by atoms with Gasteiger partial charge in [0.1, 0.15) is 24.8 Å². The Morgan fingerprint density at radius 2 is 1.87 bits per heavy atom. The van der Waals surface area contributed by atoms with Crippen molar-refractivity contribution in [2.24, 2.45) is 4.99 Å². The van der Waals surface area contributed by atoms with Crippen molar-refractivity contribution in [2.75, 3.05) is 47.1 Å². The molecule has 0 bridgehead atoms. The van der Waals surface area contributed by atoms with Crippen molar-refractivity contribution < 1.29 is 23.7 Å².